The maximum Gasteiger partial charge on any atom is 0.224 e. The Balaban J connectivity index is 1.82. The molecule has 0 unspecified atom stereocenters. The molecule has 0 aliphatic heterocycles. The third-order valence-corrected chi connectivity index (χ3v) is 4.71. The van der Waals surface area contributed by atoms with Crippen molar-refractivity contribution in [3.05, 3.63) is 34.9 Å². The quantitative estimate of drug-likeness (QED) is 0.823. The minimum atomic E-state index is 0.0544. The molecule has 1 N–H and O–H groups in total. The molecule has 4 heteroatoms. The van der Waals surface area contributed by atoms with E-state index >= 15 is 0 Å². The molecule has 0 radical (unpaired) electrons. The number of amides is 1. The largest absolute Gasteiger partial charge is 0.355 e. The zero-order chi connectivity index (χ0) is 13.7. The summed E-state index contributed by atoms with van der Waals surface area (Å²) < 4.78 is 0. The van der Waals surface area contributed by atoms with Crippen molar-refractivity contribution in [2.45, 2.75) is 32.1 Å². The van der Waals surface area contributed by atoms with Gasteiger partial charge in [-0.15, -0.1) is 11.6 Å². The van der Waals surface area contributed by atoms with E-state index in [1.807, 2.05) is 12.1 Å². The molecule has 19 heavy (non-hydrogen) atoms. The van der Waals surface area contributed by atoms with Gasteiger partial charge in [0.05, 0.1) is 6.42 Å². The van der Waals surface area contributed by atoms with E-state index in [2.05, 4.69) is 5.32 Å². The van der Waals surface area contributed by atoms with Gasteiger partial charge in [-0.05, 0) is 30.5 Å². The van der Waals surface area contributed by atoms with E-state index in [1.165, 1.54) is 12.8 Å². The van der Waals surface area contributed by atoms with Crippen molar-refractivity contribution in [3.63, 3.8) is 0 Å². The van der Waals surface area contributed by atoms with Crippen LogP contribution in [0.3, 0.4) is 0 Å². The highest BCUT2D eigenvalue weighted by atomic mass is 35.5. The number of rotatable bonds is 5. The van der Waals surface area contributed by atoms with Crippen LogP contribution >= 0.6 is 23.2 Å². The number of halogens is 2. The second kappa shape index (κ2) is 6.62. The molecule has 0 heterocycles. The SMILES string of the molecule is O=C(Cc1ccc(Cl)cc1)NCC1(CCl)CCCC1. The zero-order valence-corrected chi connectivity index (χ0v) is 12.4. The van der Waals surface area contributed by atoms with Crippen LogP contribution < -0.4 is 5.32 Å². The van der Waals surface area contributed by atoms with E-state index in [0.29, 0.717) is 23.9 Å². The van der Waals surface area contributed by atoms with E-state index in [-0.39, 0.29) is 11.3 Å². The zero-order valence-electron chi connectivity index (χ0n) is 10.9. The second-order valence-corrected chi connectivity index (χ2v) is 6.12. The van der Waals surface area contributed by atoms with Gasteiger partial charge in [-0.3, -0.25) is 4.79 Å². The molecule has 0 bridgehead atoms. The normalized spacial score (nSPS) is 17.4. The fraction of sp³-hybridized carbons (Fsp3) is 0.533. The van der Waals surface area contributed by atoms with Crippen molar-refractivity contribution >= 4 is 29.1 Å². The molecule has 2 nitrogen and oxygen atoms in total. The van der Waals surface area contributed by atoms with Gasteiger partial charge < -0.3 is 5.32 Å². The summed E-state index contributed by atoms with van der Waals surface area (Å²) in [4.78, 5) is 11.9. The van der Waals surface area contributed by atoms with E-state index in [1.54, 1.807) is 12.1 Å². The van der Waals surface area contributed by atoms with Gasteiger partial charge >= 0.3 is 0 Å². The highest BCUT2D eigenvalue weighted by Gasteiger charge is 2.33. The fourth-order valence-electron chi connectivity index (χ4n) is 2.62. The lowest BCUT2D eigenvalue weighted by molar-refractivity contribution is -0.120. The molecule has 1 saturated carbocycles. The number of nitrogens with one attached hydrogen (secondary N) is 1. The monoisotopic (exact) mass is 299 g/mol. The maximum absolute atomic E-state index is 11.9. The average Bonchev–Trinajstić information content (AvgIpc) is 2.89. The van der Waals surface area contributed by atoms with Crippen LogP contribution in [0.1, 0.15) is 31.2 Å². The predicted molar refractivity (Wildman–Crippen MR) is 79.8 cm³/mol. The van der Waals surface area contributed by atoms with Crippen LogP contribution in [0.4, 0.5) is 0 Å². The van der Waals surface area contributed by atoms with Crippen LogP contribution in [0.25, 0.3) is 0 Å². The molecule has 0 spiro atoms. The summed E-state index contributed by atoms with van der Waals surface area (Å²) in [7, 11) is 0. The molecule has 1 aromatic carbocycles. The molecular formula is C15H19Cl2NO. The average molecular weight is 300 g/mol. The first-order chi connectivity index (χ1) is 9.13. The van der Waals surface area contributed by atoms with Crippen molar-refractivity contribution in [3.8, 4) is 0 Å². The molecule has 0 atom stereocenters. The first-order valence-electron chi connectivity index (χ1n) is 6.71. The molecule has 1 aromatic rings. The van der Waals surface area contributed by atoms with Gasteiger partial charge in [0.2, 0.25) is 5.91 Å². The van der Waals surface area contributed by atoms with Gasteiger partial charge in [0.1, 0.15) is 0 Å². The highest BCUT2D eigenvalue weighted by molar-refractivity contribution is 6.30. The smallest absolute Gasteiger partial charge is 0.224 e. The first-order valence-corrected chi connectivity index (χ1v) is 7.62. The van der Waals surface area contributed by atoms with E-state index in [9.17, 15) is 4.79 Å². The Morgan fingerprint density at radius 1 is 1.21 bits per heavy atom. The molecular weight excluding hydrogens is 281 g/mol. The number of hydrogen-bond acceptors (Lipinski definition) is 1. The van der Waals surface area contributed by atoms with Gasteiger partial charge in [-0.25, -0.2) is 0 Å². The molecule has 1 fully saturated rings. The summed E-state index contributed by atoms with van der Waals surface area (Å²) in [5, 5.41) is 3.71. The third-order valence-electron chi connectivity index (χ3n) is 3.89. The summed E-state index contributed by atoms with van der Waals surface area (Å²) >= 11 is 11.9. The lowest BCUT2D eigenvalue weighted by Gasteiger charge is -2.26. The Bertz CT molecular complexity index is 424. The predicted octanol–water partition coefficient (Wildman–Crippen LogP) is 3.80. The Labute approximate surface area is 124 Å². The Morgan fingerprint density at radius 2 is 1.84 bits per heavy atom. The molecule has 1 amide bonds. The topological polar surface area (TPSA) is 29.1 Å². The molecule has 104 valence electrons. The number of hydrogen-bond donors (Lipinski definition) is 1. The van der Waals surface area contributed by atoms with E-state index in [0.717, 1.165) is 18.4 Å². The molecule has 2 rings (SSSR count). The number of carbonyl (C=O) groups is 1. The Kier molecular flexibility index (Phi) is 5.12. The second-order valence-electron chi connectivity index (χ2n) is 5.42. The Morgan fingerprint density at radius 3 is 2.42 bits per heavy atom. The van der Waals surface area contributed by atoms with Crippen LogP contribution in [-0.2, 0) is 11.2 Å². The van der Waals surface area contributed by atoms with E-state index in [4.69, 9.17) is 23.2 Å². The van der Waals surface area contributed by atoms with Crippen LogP contribution in [0.15, 0.2) is 24.3 Å². The first kappa shape index (κ1) is 14.7. The number of alkyl halides is 1. The highest BCUT2D eigenvalue weighted by Crippen LogP contribution is 2.38. The summed E-state index contributed by atoms with van der Waals surface area (Å²) in [6.45, 7) is 0.697. The van der Waals surface area contributed by atoms with Gasteiger partial charge in [-0.1, -0.05) is 36.6 Å². The Hall–Kier alpha value is -0.730. The van der Waals surface area contributed by atoms with Gasteiger partial charge in [-0.2, -0.15) is 0 Å². The summed E-state index contributed by atoms with van der Waals surface area (Å²) in [5.41, 5.74) is 1.10. The summed E-state index contributed by atoms with van der Waals surface area (Å²) in [5.74, 6) is 0.688. The van der Waals surface area contributed by atoms with Gasteiger partial charge in [0.15, 0.2) is 0 Å². The molecule has 0 aromatic heterocycles. The van der Waals surface area contributed by atoms with Crippen molar-refractivity contribution in [1.82, 2.24) is 5.32 Å². The lowest BCUT2D eigenvalue weighted by atomic mass is 9.88. The van der Waals surface area contributed by atoms with Crippen LogP contribution in [0.2, 0.25) is 5.02 Å². The lowest BCUT2D eigenvalue weighted by Crippen LogP contribution is -2.37. The van der Waals surface area contributed by atoms with Crippen LogP contribution in [0, 0.1) is 5.41 Å². The number of benzene rings is 1. The summed E-state index contributed by atoms with van der Waals surface area (Å²) in [6, 6.07) is 7.38. The maximum atomic E-state index is 11.9. The molecule has 1 aliphatic rings. The fourth-order valence-corrected chi connectivity index (χ4v) is 3.11. The minimum Gasteiger partial charge on any atom is -0.355 e. The molecule has 1 aliphatic carbocycles. The van der Waals surface area contributed by atoms with Crippen molar-refractivity contribution in [1.29, 1.82) is 0 Å². The standard InChI is InChI=1S/C15H19Cl2NO/c16-10-15(7-1-2-8-15)11-18-14(19)9-12-3-5-13(17)6-4-12/h3-6H,1-2,7-11H2,(H,18,19). The molecule has 0 saturated heterocycles. The third kappa shape index (κ3) is 4.12. The van der Waals surface area contributed by atoms with Gasteiger partial charge in [0.25, 0.3) is 0 Å². The van der Waals surface area contributed by atoms with Crippen molar-refractivity contribution in [2.75, 3.05) is 12.4 Å². The summed E-state index contributed by atoms with van der Waals surface area (Å²) in [6.07, 6.45) is 5.09. The van der Waals surface area contributed by atoms with Crippen LogP contribution in [0.5, 0.6) is 0 Å². The van der Waals surface area contributed by atoms with Gasteiger partial charge in [0, 0.05) is 22.9 Å². The van der Waals surface area contributed by atoms with Crippen molar-refractivity contribution < 1.29 is 4.79 Å². The number of carbonyl (C=O) groups excluding carboxylic acids is 1. The van der Waals surface area contributed by atoms with E-state index < -0.39 is 0 Å². The minimum absolute atomic E-state index is 0.0544. The van der Waals surface area contributed by atoms with Crippen molar-refractivity contribution in [2.24, 2.45) is 5.41 Å². The van der Waals surface area contributed by atoms with Crippen LogP contribution in [-0.4, -0.2) is 18.3 Å².